The second-order valence-electron chi connectivity index (χ2n) is 14.6. The number of hydrogen-bond donors (Lipinski definition) is 0. The van der Waals surface area contributed by atoms with Crippen LogP contribution in [0.1, 0.15) is 129 Å². The van der Waals surface area contributed by atoms with Gasteiger partial charge in [0.2, 0.25) is 0 Å². The molecule has 0 heterocycles. The van der Waals surface area contributed by atoms with Crippen LogP contribution in [0.5, 0.6) is 0 Å². The molecule has 0 aliphatic heterocycles. The molecule has 0 unspecified atom stereocenters. The first kappa shape index (κ1) is 59.5. The Hall–Kier alpha value is -1.50. The fourth-order valence-electron chi connectivity index (χ4n) is 5.68. The molecule has 0 spiro atoms. The van der Waals surface area contributed by atoms with Crippen molar-refractivity contribution in [2.24, 2.45) is 0 Å². The number of hydrogen-bond acceptors (Lipinski definition) is 15. The summed E-state index contributed by atoms with van der Waals surface area (Å²) in [5, 5.41) is 0. The van der Waals surface area contributed by atoms with E-state index in [4.69, 9.17) is 61.6 Å². The van der Waals surface area contributed by atoms with Crippen LogP contribution in [0, 0.1) is 0 Å². The molecule has 0 bridgehead atoms. The van der Waals surface area contributed by atoms with Gasteiger partial charge in [0.05, 0.1) is 145 Å². The highest BCUT2D eigenvalue weighted by molar-refractivity contribution is 5.69. The van der Waals surface area contributed by atoms with E-state index in [2.05, 4.69) is 13.8 Å². The Morgan fingerprint density at radius 2 is 0.393 bits per heavy atom. The lowest BCUT2D eigenvalue weighted by molar-refractivity contribution is -0.146. The predicted molar refractivity (Wildman–Crippen MR) is 235 cm³/mol. The number of unbranched alkanes of at least 4 members (excludes halogenated alkanes) is 14. The van der Waals surface area contributed by atoms with Gasteiger partial charge in [-0.2, -0.15) is 0 Å². The number of carbonyl (C=O) groups is 2. The van der Waals surface area contributed by atoms with E-state index in [-0.39, 0.29) is 25.2 Å². The molecule has 15 heteroatoms. The minimum atomic E-state index is -0.162. The zero-order valence-electron chi connectivity index (χ0n) is 38.8. The molecule has 0 atom stereocenters. The van der Waals surface area contributed by atoms with E-state index in [0.717, 1.165) is 32.1 Å². The summed E-state index contributed by atoms with van der Waals surface area (Å²) in [4.78, 5) is 23.4. The van der Waals surface area contributed by atoms with Gasteiger partial charge in [0.15, 0.2) is 0 Å². The highest BCUT2D eigenvalue weighted by atomic mass is 16.6. The average molecular weight is 883 g/mol. The van der Waals surface area contributed by atoms with Crippen LogP contribution in [0.3, 0.4) is 0 Å². The molecule has 0 aromatic carbocycles. The normalized spacial score (nSPS) is 11.4. The molecule has 364 valence electrons. The maximum Gasteiger partial charge on any atom is 0.305 e. The summed E-state index contributed by atoms with van der Waals surface area (Å²) in [5.74, 6) is -0.297. The van der Waals surface area contributed by atoms with Gasteiger partial charge in [-0.1, -0.05) is 104 Å². The van der Waals surface area contributed by atoms with Crippen molar-refractivity contribution in [2.75, 3.05) is 159 Å². The van der Waals surface area contributed by atoms with E-state index in [0.29, 0.717) is 158 Å². The van der Waals surface area contributed by atoms with Gasteiger partial charge in [0.25, 0.3) is 0 Å². The standard InChI is InChI=1S/C46H90O15/c1-3-5-7-8-9-10-11-12-13-14-15-16-18-20-46(48)61-44-42-59-40-38-57-36-34-55-32-30-53-28-26-51-24-22-49-21-23-50-25-27-52-29-31-54-33-35-56-37-39-58-41-43-60-45(47)19-17-6-4-2/h3-44H2,1-2H3. The van der Waals surface area contributed by atoms with Crippen LogP contribution in [0.15, 0.2) is 0 Å². The second-order valence-corrected chi connectivity index (χ2v) is 14.6. The quantitative estimate of drug-likeness (QED) is 0.0443. The summed E-state index contributed by atoms with van der Waals surface area (Å²) >= 11 is 0. The molecule has 0 saturated carbocycles. The van der Waals surface area contributed by atoms with Gasteiger partial charge >= 0.3 is 11.9 Å². The summed E-state index contributed by atoms with van der Waals surface area (Å²) in [7, 11) is 0. The van der Waals surface area contributed by atoms with Gasteiger partial charge in [-0.15, -0.1) is 0 Å². The predicted octanol–water partition coefficient (Wildman–Crippen LogP) is 7.32. The Labute approximate surface area is 370 Å². The van der Waals surface area contributed by atoms with Crippen molar-refractivity contribution >= 4 is 11.9 Å². The summed E-state index contributed by atoms with van der Waals surface area (Å²) in [5.41, 5.74) is 0. The van der Waals surface area contributed by atoms with Crippen LogP contribution in [0.4, 0.5) is 0 Å². The van der Waals surface area contributed by atoms with Gasteiger partial charge < -0.3 is 61.6 Å². The van der Waals surface area contributed by atoms with Crippen LogP contribution in [-0.4, -0.2) is 171 Å². The first-order valence-corrected chi connectivity index (χ1v) is 23.9. The Balaban J connectivity index is 3.14. The molecule has 0 aliphatic carbocycles. The van der Waals surface area contributed by atoms with E-state index >= 15 is 0 Å². The van der Waals surface area contributed by atoms with E-state index in [9.17, 15) is 9.59 Å². The summed E-state index contributed by atoms with van der Waals surface area (Å²) in [6.45, 7) is 15.3. The largest absolute Gasteiger partial charge is 0.463 e. The number of carbonyl (C=O) groups excluding carboxylic acids is 2. The Bertz CT molecular complexity index is 854. The molecule has 0 rings (SSSR count). The Kier molecular flexibility index (Phi) is 53.3. The second kappa shape index (κ2) is 54.6. The van der Waals surface area contributed by atoms with Gasteiger partial charge in [-0.25, -0.2) is 0 Å². The monoisotopic (exact) mass is 883 g/mol. The maximum atomic E-state index is 11.9. The lowest BCUT2D eigenvalue weighted by Crippen LogP contribution is -2.16. The number of ether oxygens (including phenoxy) is 13. The van der Waals surface area contributed by atoms with Gasteiger partial charge in [0.1, 0.15) is 13.2 Å². The first-order valence-electron chi connectivity index (χ1n) is 23.9. The van der Waals surface area contributed by atoms with Crippen molar-refractivity contribution in [3.05, 3.63) is 0 Å². The number of rotatable bonds is 54. The lowest BCUT2D eigenvalue weighted by atomic mass is 10.0. The molecular weight excluding hydrogens is 792 g/mol. The van der Waals surface area contributed by atoms with Crippen molar-refractivity contribution in [1.82, 2.24) is 0 Å². The van der Waals surface area contributed by atoms with Crippen LogP contribution in [0.25, 0.3) is 0 Å². The third-order valence-electron chi connectivity index (χ3n) is 9.17. The molecule has 61 heavy (non-hydrogen) atoms. The first-order chi connectivity index (χ1) is 30.2. The van der Waals surface area contributed by atoms with Crippen LogP contribution >= 0.6 is 0 Å². The third kappa shape index (κ3) is 54.6. The summed E-state index contributed by atoms with van der Waals surface area (Å²) in [6, 6.07) is 0. The average Bonchev–Trinajstić information content (AvgIpc) is 3.26. The van der Waals surface area contributed by atoms with Gasteiger partial charge in [-0.05, 0) is 12.8 Å². The van der Waals surface area contributed by atoms with Gasteiger partial charge in [0, 0.05) is 12.8 Å². The van der Waals surface area contributed by atoms with E-state index < -0.39 is 0 Å². The molecular formula is C46H90O15. The highest BCUT2D eigenvalue weighted by Gasteiger charge is 2.04. The maximum absolute atomic E-state index is 11.9. The van der Waals surface area contributed by atoms with Crippen molar-refractivity contribution in [1.29, 1.82) is 0 Å². The molecule has 0 aromatic heterocycles. The van der Waals surface area contributed by atoms with E-state index in [1.54, 1.807) is 0 Å². The summed E-state index contributed by atoms with van der Waals surface area (Å²) in [6.07, 6.45) is 20.8. The van der Waals surface area contributed by atoms with E-state index in [1.807, 2.05) is 0 Å². The fraction of sp³-hybridized carbons (Fsp3) is 0.957. The molecule has 0 aliphatic rings. The molecule has 0 amide bonds. The smallest absolute Gasteiger partial charge is 0.305 e. The molecule has 0 N–H and O–H groups in total. The number of esters is 2. The molecule has 0 radical (unpaired) electrons. The van der Waals surface area contributed by atoms with Crippen molar-refractivity contribution in [3.8, 4) is 0 Å². The zero-order valence-corrected chi connectivity index (χ0v) is 38.8. The summed E-state index contributed by atoms with van der Waals surface area (Å²) < 4.78 is 70.7. The molecule has 0 saturated heterocycles. The highest BCUT2D eigenvalue weighted by Crippen LogP contribution is 2.13. The lowest BCUT2D eigenvalue weighted by Gasteiger charge is -2.09. The molecule has 15 nitrogen and oxygen atoms in total. The topological polar surface area (TPSA) is 154 Å². The zero-order chi connectivity index (χ0) is 44.0. The van der Waals surface area contributed by atoms with Crippen molar-refractivity contribution in [2.45, 2.75) is 129 Å². The van der Waals surface area contributed by atoms with Gasteiger partial charge in [-0.3, -0.25) is 9.59 Å². The SMILES string of the molecule is CCCCCCCCCCCCCCCC(=O)OCCOCCOCCOCCOCCOCCOCCOCCOCCOCCOCCOCCOC(=O)CCCCC. The van der Waals surface area contributed by atoms with Crippen LogP contribution in [-0.2, 0) is 71.2 Å². The van der Waals surface area contributed by atoms with Crippen LogP contribution in [0.2, 0.25) is 0 Å². The van der Waals surface area contributed by atoms with Crippen LogP contribution < -0.4 is 0 Å². The minimum absolute atomic E-state index is 0.135. The minimum Gasteiger partial charge on any atom is -0.463 e. The van der Waals surface area contributed by atoms with E-state index in [1.165, 1.54) is 70.6 Å². The molecule has 0 aromatic rings. The Morgan fingerprint density at radius 1 is 0.230 bits per heavy atom. The van der Waals surface area contributed by atoms with Crippen molar-refractivity contribution < 1.29 is 71.2 Å². The molecule has 0 fully saturated rings. The Morgan fingerprint density at radius 3 is 0.623 bits per heavy atom. The fourth-order valence-corrected chi connectivity index (χ4v) is 5.68. The third-order valence-corrected chi connectivity index (χ3v) is 9.17. The van der Waals surface area contributed by atoms with Crippen molar-refractivity contribution in [3.63, 3.8) is 0 Å².